The fourth-order valence-electron chi connectivity index (χ4n) is 2.23. The maximum Gasteiger partial charge on any atom is 0.344 e. The number of hydrogen-bond donors (Lipinski definition) is 2. The molecule has 10 heteroatoms. The van der Waals surface area contributed by atoms with Gasteiger partial charge in [-0.05, 0) is 37.1 Å². The largest absolute Gasteiger partial charge is 0.488 e. The number of rotatable bonds is 9. The van der Waals surface area contributed by atoms with Gasteiger partial charge in [0, 0.05) is 0 Å². The zero-order valence-electron chi connectivity index (χ0n) is 14.1. The lowest BCUT2D eigenvalue weighted by Crippen LogP contribution is -2.28. The van der Waals surface area contributed by atoms with Gasteiger partial charge in [-0.2, -0.15) is 0 Å². The summed E-state index contributed by atoms with van der Waals surface area (Å²) in [5.74, 6) is -9.42. The molecular formula is C18H14F4O6. The Labute approximate surface area is 155 Å². The van der Waals surface area contributed by atoms with Crippen molar-refractivity contribution >= 4 is 11.9 Å². The fraction of sp³-hybridized carbons (Fsp3) is 0.222. The maximum absolute atomic E-state index is 13.9. The molecule has 0 radical (unpaired) electrons. The molecule has 0 saturated heterocycles. The van der Waals surface area contributed by atoms with Crippen molar-refractivity contribution in [2.75, 3.05) is 6.61 Å². The van der Waals surface area contributed by atoms with Crippen LogP contribution in [0, 0.1) is 23.3 Å². The van der Waals surface area contributed by atoms with Crippen LogP contribution in [-0.2, 0) is 4.79 Å². The molecule has 6 nitrogen and oxygen atoms in total. The molecule has 0 saturated carbocycles. The Morgan fingerprint density at radius 3 is 2.00 bits per heavy atom. The van der Waals surface area contributed by atoms with Crippen LogP contribution in [0.5, 0.6) is 11.5 Å². The highest BCUT2D eigenvalue weighted by Gasteiger charge is 2.24. The molecule has 150 valence electrons. The minimum absolute atomic E-state index is 0.0683. The number of carboxylic acid groups (broad SMARTS) is 2. The van der Waals surface area contributed by atoms with Crippen LogP contribution in [-0.4, -0.2) is 34.9 Å². The highest BCUT2D eigenvalue weighted by Crippen LogP contribution is 2.26. The number of benzene rings is 2. The number of aromatic carboxylic acids is 1. The summed E-state index contributed by atoms with van der Waals surface area (Å²) in [4.78, 5) is 22.0. The lowest BCUT2D eigenvalue weighted by molar-refractivity contribution is -0.145. The first-order valence-corrected chi connectivity index (χ1v) is 7.89. The average Bonchev–Trinajstić information content (AvgIpc) is 2.61. The van der Waals surface area contributed by atoms with Crippen molar-refractivity contribution in [2.45, 2.75) is 18.9 Å². The summed E-state index contributed by atoms with van der Waals surface area (Å²) < 4.78 is 64.3. The van der Waals surface area contributed by atoms with Crippen molar-refractivity contribution in [1.29, 1.82) is 0 Å². The monoisotopic (exact) mass is 402 g/mol. The minimum Gasteiger partial charge on any atom is -0.488 e. The van der Waals surface area contributed by atoms with Crippen LogP contribution in [0.1, 0.15) is 23.2 Å². The van der Waals surface area contributed by atoms with Gasteiger partial charge in [-0.25, -0.2) is 27.2 Å². The first kappa shape index (κ1) is 21.0. The second kappa shape index (κ2) is 9.07. The van der Waals surface area contributed by atoms with E-state index in [-0.39, 0.29) is 19.4 Å². The summed E-state index contributed by atoms with van der Waals surface area (Å²) in [6.45, 7) is -0.284. The first-order valence-electron chi connectivity index (χ1n) is 7.89. The quantitative estimate of drug-likeness (QED) is 0.492. The number of carboxylic acids is 2. The Kier molecular flexibility index (Phi) is 6.80. The number of carbonyl (C=O) groups is 2. The van der Waals surface area contributed by atoms with Crippen molar-refractivity contribution in [3.05, 3.63) is 59.2 Å². The molecule has 0 aromatic heterocycles. The Hall–Kier alpha value is -3.30. The van der Waals surface area contributed by atoms with Gasteiger partial charge in [-0.3, -0.25) is 0 Å². The smallest absolute Gasteiger partial charge is 0.344 e. The zero-order valence-corrected chi connectivity index (χ0v) is 14.1. The molecule has 2 aromatic carbocycles. The fourth-order valence-corrected chi connectivity index (χ4v) is 2.23. The Morgan fingerprint density at radius 1 is 0.929 bits per heavy atom. The maximum atomic E-state index is 13.9. The average molecular weight is 402 g/mol. The molecule has 0 bridgehead atoms. The second-order valence-electron chi connectivity index (χ2n) is 5.56. The SMILES string of the molecule is O=C(O)c1cc(F)c(OC(CCCOc2c(F)cccc2F)C(=O)O)c(F)c1. The topological polar surface area (TPSA) is 93.1 Å². The Morgan fingerprint density at radius 2 is 1.50 bits per heavy atom. The van der Waals surface area contributed by atoms with Crippen molar-refractivity contribution in [2.24, 2.45) is 0 Å². The molecule has 0 heterocycles. The highest BCUT2D eigenvalue weighted by atomic mass is 19.1. The number of para-hydroxylation sites is 1. The van der Waals surface area contributed by atoms with Crippen LogP contribution in [0.2, 0.25) is 0 Å². The number of aliphatic carboxylic acids is 1. The van der Waals surface area contributed by atoms with Crippen molar-refractivity contribution in [3.8, 4) is 11.5 Å². The van der Waals surface area contributed by atoms with E-state index in [0.29, 0.717) is 12.1 Å². The third-order valence-electron chi connectivity index (χ3n) is 3.56. The molecule has 1 atom stereocenters. The van der Waals surface area contributed by atoms with Crippen molar-refractivity contribution < 1.29 is 46.8 Å². The molecule has 1 unspecified atom stereocenters. The molecule has 28 heavy (non-hydrogen) atoms. The standard InChI is InChI=1S/C18H14F4O6/c19-10-3-1-4-11(20)15(10)27-6-2-5-14(18(25)26)28-16-12(21)7-9(17(23)24)8-13(16)22/h1,3-4,7-8,14H,2,5-6H2,(H,23,24)(H,25,26). The van der Waals surface area contributed by atoms with Crippen LogP contribution in [0.25, 0.3) is 0 Å². The van der Waals surface area contributed by atoms with E-state index < -0.39 is 58.4 Å². The molecule has 0 aliphatic heterocycles. The number of ether oxygens (including phenoxy) is 2. The van der Waals surface area contributed by atoms with E-state index in [2.05, 4.69) is 0 Å². The van der Waals surface area contributed by atoms with Gasteiger partial charge in [-0.15, -0.1) is 0 Å². The second-order valence-corrected chi connectivity index (χ2v) is 5.56. The molecule has 0 fully saturated rings. The molecule has 0 amide bonds. The minimum atomic E-state index is -1.70. The van der Waals surface area contributed by atoms with Crippen LogP contribution in [0.15, 0.2) is 30.3 Å². The summed E-state index contributed by atoms with van der Waals surface area (Å²) in [5.41, 5.74) is -0.672. The van der Waals surface area contributed by atoms with Crippen LogP contribution in [0.4, 0.5) is 17.6 Å². The van der Waals surface area contributed by atoms with E-state index in [1.807, 2.05) is 0 Å². The Balaban J connectivity index is 2.01. The lowest BCUT2D eigenvalue weighted by Gasteiger charge is -2.16. The molecule has 0 aliphatic carbocycles. The van der Waals surface area contributed by atoms with E-state index in [0.717, 1.165) is 18.2 Å². The summed E-state index contributed by atoms with van der Waals surface area (Å²) >= 11 is 0. The predicted octanol–water partition coefficient (Wildman–Crippen LogP) is 3.63. The van der Waals surface area contributed by atoms with Crippen LogP contribution in [0.3, 0.4) is 0 Å². The summed E-state index contributed by atoms with van der Waals surface area (Å²) in [6, 6.07) is 4.08. The van der Waals surface area contributed by atoms with Crippen LogP contribution >= 0.6 is 0 Å². The van der Waals surface area contributed by atoms with Gasteiger partial charge in [0.05, 0.1) is 12.2 Å². The molecular weight excluding hydrogens is 388 g/mol. The third kappa shape index (κ3) is 5.12. The van der Waals surface area contributed by atoms with Crippen molar-refractivity contribution in [3.63, 3.8) is 0 Å². The molecule has 2 aromatic rings. The predicted molar refractivity (Wildman–Crippen MR) is 86.5 cm³/mol. The molecule has 0 aliphatic rings. The summed E-state index contributed by atoms with van der Waals surface area (Å²) in [6.07, 6.45) is -2.07. The zero-order chi connectivity index (χ0) is 20.8. The van der Waals surface area contributed by atoms with Gasteiger partial charge < -0.3 is 19.7 Å². The van der Waals surface area contributed by atoms with E-state index >= 15 is 0 Å². The van der Waals surface area contributed by atoms with Gasteiger partial charge in [0.25, 0.3) is 0 Å². The normalized spacial score (nSPS) is 11.7. The van der Waals surface area contributed by atoms with Gasteiger partial charge in [-0.1, -0.05) is 6.07 Å². The summed E-state index contributed by atoms with van der Waals surface area (Å²) in [7, 11) is 0. The first-order chi connectivity index (χ1) is 13.2. The van der Waals surface area contributed by atoms with Gasteiger partial charge >= 0.3 is 11.9 Å². The van der Waals surface area contributed by atoms with Gasteiger partial charge in [0.15, 0.2) is 40.9 Å². The molecule has 2 rings (SSSR count). The van der Waals surface area contributed by atoms with E-state index in [1.54, 1.807) is 0 Å². The van der Waals surface area contributed by atoms with E-state index in [9.17, 15) is 27.2 Å². The lowest BCUT2D eigenvalue weighted by atomic mass is 10.1. The van der Waals surface area contributed by atoms with Gasteiger partial charge in [0.1, 0.15) is 0 Å². The van der Waals surface area contributed by atoms with E-state index in [1.165, 1.54) is 0 Å². The highest BCUT2D eigenvalue weighted by molar-refractivity contribution is 5.87. The van der Waals surface area contributed by atoms with Crippen LogP contribution < -0.4 is 9.47 Å². The molecule has 0 spiro atoms. The summed E-state index contributed by atoms with van der Waals surface area (Å²) in [5, 5.41) is 17.9. The van der Waals surface area contributed by atoms with E-state index in [4.69, 9.17) is 19.7 Å². The number of hydrogen-bond acceptors (Lipinski definition) is 4. The molecule has 2 N–H and O–H groups in total. The third-order valence-corrected chi connectivity index (χ3v) is 3.56. The van der Waals surface area contributed by atoms with Crippen molar-refractivity contribution in [1.82, 2.24) is 0 Å². The number of halogens is 4. The van der Waals surface area contributed by atoms with Gasteiger partial charge in [0.2, 0.25) is 0 Å². The Bertz CT molecular complexity index is 843.